The van der Waals surface area contributed by atoms with E-state index in [0.29, 0.717) is 0 Å². The molecule has 2 heterocycles. The number of ether oxygens (including phenoxy) is 2. The predicted octanol–water partition coefficient (Wildman–Crippen LogP) is 5.13. The highest BCUT2D eigenvalue weighted by Gasteiger charge is 2.40. The van der Waals surface area contributed by atoms with Gasteiger partial charge in [-0.2, -0.15) is 0 Å². The van der Waals surface area contributed by atoms with E-state index < -0.39 is 5.60 Å². The lowest BCUT2D eigenvalue weighted by Gasteiger charge is -2.29. The van der Waals surface area contributed by atoms with E-state index in [1.54, 1.807) is 19.6 Å². The molecular weight excluding hydrogens is 300 g/mol. The molecule has 3 heteroatoms. The van der Waals surface area contributed by atoms with Crippen LogP contribution in [-0.2, 0) is 10.3 Å². The van der Waals surface area contributed by atoms with E-state index in [1.807, 2.05) is 48.5 Å². The van der Waals surface area contributed by atoms with Crippen molar-refractivity contribution in [2.75, 3.05) is 7.11 Å². The third-order valence-corrected chi connectivity index (χ3v) is 4.46. The van der Waals surface area contributed by atoms with Crippen molar-refractivity contribution >= 4 is 0 Å². The van der Waals surface area contributed by atoms with E-state index in [-0.39, 0.29) is 0 Å². The molecule has 0 N–H and O–H groups in total. The van der Waals surface area contributed by atoms with Crippen molar-refractivity contribution in [3.63, 3.8) is 0 Å². The van der Waals surface area contributed by atoms with Gasteiger partial charge in [0.05, 0.1) is 19.6 Å². The highest BCUT2D eigenvalue weighted by molar-refractivity contribution is 5.65. The van der Waals surface area contributed by atoms with Gasteiger partial charge in [0.1, 0.15) is 11.5 Å². The van der Waals surface area contributed by atoms with Gasteiger partial charge < -0.3 is 13.9 Å². The lowest BCUT2D eigenvalue weighted by molar-refractivity contribution is 0.0832. The van der Waals surface area contributed by atoms with Gasteiger partial charge in [-0.15, -0.1) is 0 Å². The van der Waals surface area contributed by atoms with Gasteiger partial charge in [0.15, 0.2) is 5.60 Å². The monoisotopic (exact) mass is 318 g/mol. The molecule has 1 atom stereocenters. The van der Waals surface area contributed by atoms with Crippen LogP contribution in [0.15, 0.2) is 83.7 Å². The normalized spacial score (nSPS) is 19.2. The second-order valence-electron chi connectivity index (χ2n) is 5.78. The molecule has 1 aromatic heterocycles. The van der Waals surface area contributed by atoms with E-state index in [9.17, 15) is 0 Å². The largest absolute Gasteiger partial charge is 0.497 e. The Morgan fingerprint density at radius 2 is 1.75 bits per heavy atom. The van der Waals surface area contributed by atoms with Crippen molar-refractivity contribution < 1.29 is 13.9 Å². The Hall–Kier alpha value is -2.94. The number of hydrogen-bond donors (Lipinski definition) is 0. The first-order valence-corrected chi connectivity index (χ1v) is 7.94. The number of furan rings is 1. The van der Waals surface area contributed by atoms with Gasteiger partial charge in [0.25, 0.3) is 0 Å². The van der Waals surface area contributed by atoms with Crippen molar-refractivity contribution in [3.05, 3.63) is 90.4 Å². The first-order valence-electron chi connectivity index (χ1n) is 7.94. The minimum absolute atomic E-state index is 0.538. The summed E-state index contributed by atoms with van der Waals surface area (Å²) in [5.41, 5.74) is 2.61. The minimum Gasteiger partial charge on any atom is -0.497 e. The van der Waals surface area contributed by atoms with E-state index in [4.69, 9.17) is 13.9 Å². The van der Waals surface area contributed by atoms with E-state index in [0.717, 1.165) is 34.6 Å². The lowest BCUT2D eigenvalue weighted by atomic mass is 9.83. The fraction of sp³-hybridized carbons (Fsp3) is 0.143. The van der Waals surface area contributed by atoms with Crippen LogP contribution in [0.25, 0.3) is 11.3 Å². The SMILES string of the molecule is COc1ccc(-c2occc2C2(c3ccccc3)CC=CO2)cc1. The zero-order valence-electron chi connectivity index (χ0n) is 13.4. The van der Waals surface area contributed by atoms with Crippen LogP contribution < -0.4 is 4.74 Å². The lowest BCUT2D eigenvalue weighted by Crippen LogP contribution is -2.26. The maximum atomic E-state index is 6.11. The Bertz CT molecular complexity index is 836. The van der Waals surface area contributed by atoms with Crippen LogP contribution in [0.2, 0.25) is 0 Å². The highest BCUT2D eigenvalue weighted by Crippen LogP contribution is 2.45. The number of hydrogen-bond acceptors (Lipinski definition) is 3. The van der Waals surface area contributed by atoms with Crippen molar-refractivity contribution in [3.8, 4) is 17.1 Å². The molecular formula is C21H18O3. The molecule has 0 bridgehead atoms. The zero-order chi connectivity index (χ0) is 16.4. The van der Waals surface area contributed by atoms with Crippen molar-refractivity contribution in [2.24, 2.45) is 0 Å². The molecule has 4 rings (SSSR count). The Balaban J connectivity index is 1.82. The smallest absolute Gasteiger partial charge is 0.165 e. The molecule has 0 saturated heterocycles. The van der Waals surface area contributed by atoms with Crippen LogP contribution in [0, 0.1) is 0 Å². The van der Waals surface area contributed by atoms with Crippen LogP contribution in [-0.4, -0.2) is 7.11 Å². The molecule has 1 aliphatic heterocycles. The van der Waals surface area contributed by atoms with Crippen LogP contribution >= 0.6 is 0 Å². The summed E-state index contributed by atoms with van der Waals surface area (Å²) in [6, 6.07) is 20.1. The Morgan fingerprint density at radius 3 is 2.42 bits per heavy atom. The molecule has 24 heavy (non-hydrogen) atoms. The third-order valence-electron chi connectivity index (χ3n) is 4.46. The Morgan fingerprint density at radius 1 is 0.958 bits per heavy atom. The predicted molar refractivity (Wildman–Crippen MR) is 92.8 cm³/mol. The summed E-state index contributed by atoms with van der Waals surface area (Å²) in [7, 11) is 1.66. The first kappa shape index (κ1) is 14.6. The Labute approximate surface area is 141 Å². The average molecular weight is 318 g/mol. The topological polar surface area (TPSA) is 31.6 Å². The summed E-state index contributed by atoms with van der Waals surface area (Å²) < 4.78 is 17.2. The maximum Gasteiger partial charge on any atom is 0.165 e. The molecule has 120 valence electrons. The molecule has 3 nitrogen and oxygen atoms in total. The van der Waals surface area contributed by atoms with Crippen LogP contribution in [0.3, 0.4) is 0 Å². The summed E-state index contributed by atoms with van der Waals surface area (Å²) in [4.78, 5) is 0. The van der Waals surface area contributed by atoms with E-state index in [1.165, 1.54) is 0 Å². The van der Waals surface area contributed by atoms with Gasteiger partial charge in [0.2, 0.25) is 0 Å². The fourth-order valence-corrected chi connectivity index (χ4v) is 3.24. The van der Waals surface area contributed by atoms with Gasteiger partial charge in [-0.1, -0.05) is 30.3 Å². The van der Waals surface area contributed by atoms with Gasteiger partial charge in [-0.3, -0.25) is 0 Å². The van der Waals surface area contributed by atoms with Crippen molar-refractivity contribution in [2.45, 2.75) is 12.0 Å². The summed E-state index contributed by atoms with van der Waals surface area (Å²) >= 11 is 0. The van der Waals surface area contributed by atoms with Gasteiger partial charge in [-0.05, 0) is 36.4 Å². The number of benzene rings is 2. The minimum atomic E-state index is -0.538. The van der Waals surface area contributed by atoms with Crippen LogP contribution in [0.1, 0.15) is 17.5 Å². The molecule has 1 aliphatic rings. The van der Waals surface area contributed by atoms with Gasteiger partial charge in [-0.25, -0.2) is 0 Å². The van der Waals surface area contributed by atoms with Crippen molar-refractivity contribution in [1.82, 2.24) is 0 Å². The average Bonchev–Trinajstić information content (AvgIpc) is 3.32. The summed E-state index contributed by atoms with van der Waals surface area (Å²) in [5, 5.41) is 0. The molecule has 3 aromatic rings. The van der Waals surface area contributed by atoms with E-state index in [2.05, 4.69) is 18.2 Å². The molecule has 0 amide bonds. The quantitative estimate of drug-likeness (QED) is 0.668. The van der Waals surface area contributed by atoms with Gasteiger partial charge >= 0.3 is 0 Å². The number of methoxy groups -OCH3 is 1. The molecule has 2 aromatic carbocycles. The molecule has 1 unspecified atom stereocenters. The molecule has 0 radical (unpaired) electrons. The second-order valence-corrected chi connectivity index (χ2v) is 5.78. The standard InChI is InChI=1S/C21H18O3/c1-22-18-10-8-16(9-11-18)20-19(12-15-23-20)21(13-5-14-24-21)17-6-3-2-4-7-17/h2-12,14-15H,13H2,1H3. The number of rotatable bonds is 4. The summed E-state index contributed by atoms with van der Waals surface area (Å²) in [6.45, 7) is 0. The summed E-state index contributed by atoms with van der Waals surface area (Å²) in [5.74, 6) is 1.65. The molecule has 0 saturated carbocycles. The van der Waals surface area contributed by atoms with Crippen LogP contribution in [0.4, 0.5) is 0 Å². The maximum absolute atomic E-state index is 6.11. The van der Waals surface area contributed by atoms with Gasteiger partial charge in [0, 0.05) is 23.1 Å². The zero-order valence-corrected chi connectivity index (χ0v) is 13.4. The second kappa shape index (κ2) is 5.93. The molecule has 0 spiro atoms. The molecule has 0 aliphatic carbocycles. The first-order chi connectivity index (χ1) is 11.8. The fourth-order valence-electron chi connectivity index (χ4n) is 3.24. The van der Waals surface area contributed by atoms with E-state index >= 15 is 0 Å². The summed E-state index contributed by atoms with van der Waals surface area (Å²) in [6.07, 6.45) is 6.33. The molecule has 0 fully saturated rings. The van der Waals surface area contributed by atoms with Crippen LogP contribution in [0.5, 0.6) is 5.75 Å². The Kier molecular flexibility index (Phi) is 3.62. The van der Waals surface area contributed by atoms with Crippen molar-refractivity contribution in [1.29, 1.82) is 0 Å². The third kappa shape index (κ3) is 2.29. The highest BCUT2D eigenvalue weighted by atomic mass is 16.5.